The van der Waals surface area contributed by atoms with E-state index in [0.29, 0.717) is 10.5 Å². The molecule has 1 aromatic heterocycles. The summed E-state index contributed by atoms with van der Waals surface area (Å²) in [6, 6.07) is 2.26. The van der Waals surface area contributed by atoms with Gasteiger partial charge in [0.2, 0.25) is 0 Å². The molecule has 1 saturated heterocycles. The molecular weight excluding hydrogens is 248 g/mol. The average Bonchev–Trinajstić information content (AvgIpc) is 2.32. The Hall–Kier alpha value is -0.190. The van der Waals surface area contributed by atoms with Crippen molar-refractivity contribution < 1.29 is 0 Å². The molecule has 0 aromatic carbocycles. The van der Waals surface area contributed by atoms with E-state index >= 15 is 0 Å². The Bertz CT molecular complexity index is 383. The Balaban J connectivity index is 2.07. The maximum absolute atomic E-state index is 6.37. The van der Waals surface area contributed by atoms with Crippen LogP contribution in [0.4, 0.5) is 0 Å². The Morgan fingerprint density at radius 2 is 2.12 bits per heavy atom. The van der Waals surface area contributed by atoms with Crippen LogP contribution in [-0.2, 0) is 0 Å². The zero-order chi connectivity index (χ0) is 12.4. The van der Waals surface area contributed by atoms with Gasteiger partial charge < -0.3 is 5.73 Å². The van der Waals surface area contributed by atoms with Crippen LogP contribution in [0.15, 0.2) is 18.5 Å². The maximum Gasteiger partial charge on any atom is 0.0439 e. The lowest BCUT2D eigenvalue weighted by Crippen LogP contribution is -2.34. The normalized spacial score (nSPS) is 31.2. The Kier molecular flexibility index (Phi) is 4.39. The number of thioether (sulfide) groups is 2. The van der Waals surface area contributed by atoms with Gasteiger partial charge in [0.25, 0.3) is 0 Å². The van der Waals surface area contributed by atoms with Gasteiger partial charge in [-0.15, -0.1) is 0 Å². The number of rotatable bonds is 2. The third kappa shape index (κ3) is 3.18. The second-order valence-electron chi connectivity index (χ2n) is 4.74. The lowest BCUT2D eigenvalue weighted by molar-refractivity contribution is 0.703. The van der Waals surface area contributed by atoms with E-state index in [1.165, 1.54) is 11.1 Å². The minimum absolute atomic E-state index is 0.106. The minimum atomic E-state index is 0.106. The lowest BCUT2D eigenvalue weighted by atomic mass is 10.1. The molecule has 4 unspecified atom stereocenters. The van der Waals surface area contributed by atoms with Crippen LogP contribution in [0.25, 0.3) is 0 Å². The zero-order valence-corrected chi connectivity index (χ0v) is 12.2. The van der Waals surface area contributed by atoms with Crippen molar-refractivity contribution in [3.05, 3.63) is 29.6 Å². The Morgan fingerprint density at radius 3 is 2.76 bits per heavy atom. The highest BCUT2D eigenvalue weighted by Gasteiger charge is 2.30. The van der Waals surface area contributed by atoms with E-state index < -0.39 is 0 Å². The predicted molar refractivity (Wildman–Crippen MR) is 78.7 cm³/mol. The number of hydrogen-bond donors (Lipinski definition) is 1. The van der Waals surface area contributed by atoms with Crippen molar-refractivity contribution in [1.29, 1.82) is 0 Å². The predicted octanol–water partition coefficient (Wildman–Crippen LogP) is 3.02. The Morgan fingerprint density at radius 1 is 1.35 bits per heavy atom. The highest BCUT2D eigenvalue weighted by Crippen LogP contribution is 2.40. The Labute approximate surface area is 112 Å². The van der Waals surface area contributed by atoms with Crippen LogP contribution in [0.5, 0.6) is 0 Å². The third-order valence-electron chi connectivity index (χ3n) is 3.26. The number of nitrogens with two attached hydrogens (primary N) is 1. The van der Waals surface area contributed by atoms with Gasteiger partial charge in [0.15, 0.2) is 0 Å². The molecular formula is C13H20N2S2. The van der Waals surface area contributed by atoms with Gasteiger partial charge in [0.05, 0.1) is 0 Å². The highest BCUT2D eigenvalue weighted by atomic mass is 32.2. The monoisotopic (exact) mass is 268 g/mol. The van der Waals surface area contributed by atoms with Crippen LogP contribution in [0.2, 0.25) is 0 Å². The van der Waals surface area contributed by atoms with Crippen LogP contribution in [-0.4, -0.2) is 26.5 Å². The molecule has 2 heterocycles. The third-order valence-corrected chi connectivity index (χ3v) is 6.77. The molecule has 0 radical (unpaired) electrons. The van der Waals surface area contributed by atoms with Crippen molar-refractivity contribution in [3.8, 4) is 0 Å². The smallest absolute Gasteiger partial charge is 0.0439 e. The van der Waals surface area contributed by atoms with Gasteiger partial charge in [-0.05, 0) is 18.1 Å². The van der Waals surface area contributed by atoms with Gasteiger partial charge in [-0.1, -0.05) is 19.9 Å². The molecule has 1 aliphatic rings. The summed E-state index contributed by atoms with van der Waals surface area (Å²) in [5, 5.41) is 1.93. The molecule has 0 saturated carbocycles. The molecule has 1 fully saturated rings. The molecule has 17 heavy (non-hydrogen) atoms. The fourth-order valence-corrected chi connectivity index (χ4v) is 5.02. The second kappa shape index (κ2) is 5.63. The molecule has 4 heteroatoms. The topological polar surface area (TPSA) is 38.9 Å². The van der Waals surface area contributed by atoms with Crippen molar-refractivity contribution in [3.63, 3.8) is 0 Å². The molecule has 0 aliphatic carbocycles. The zero-order valence-electron chi connectivity index (χ0n) is 10.6. The summed E-state index contributed by atoms with van der Waals surface area (Å²) < 4.78 is 0. The number of pyridine rings is 1. The summed E-state index contributed by atoms with van der Waals surface area (Å²) in [6.45, 7) is 6.67. The van der Waals surface area contributed by atoms with E-state index in [1.54, 1.807) is 0 Å². The largest absolute Gasteiger partial charge is 0.323 e. The van der Waals surface area contributed by atoms with E-state index in [4.69, 9.17) is 5.73 Å². The molecule has 0 amide bonds. The van der Waals surface area contributed by atoms with Crippen molar-refractivity contribution in [2.24, 2.45) is 5.73 Å². The molecule has 1 aliphatic heterocycles. The summed E-state index contributed by atoms with van der Waals surface area (Å²) in [5.41, 5.74) is 8.73. The van der Waals surface area contributed by atoms with Crippen molar-refractivity contribution in [1.82, 2.24) is 4.98 Å². The summed E-state index contributed by atoms with van der Waals surface area (Å²) in [4.78, 5) is 4.24. The summed E-state index contributed by atoms with van der Waals surface area (Å²) in [6.07, 6.45) is 3.79. The number of aromatic nitrogens is 1. The van der Waals surface area contributed by atoms with Crippen molar-refractivity contribution in [2.45, 2.75) is 42.6 Å². The first-order valence-corrected chi connectivity index (χ1v) is 8.01. The first-order chi connectivity index (χ1) is 8.08. The first-order valence-electron chi connectivity index (χ1n) is 6.02. The summed E-state index contributed by atoms with van der Waals surface area (Å²) >= 11 is 4.07. The van der Waals surface area contributed by atoms with Crippen molar-refractivity contribution in [2.75, 3.05) is 5.75 Å². The van der Waals surface area contributed by atoms with E-state index in [1.807, 2.05) is 35.9 Å². The van der Waals surface area contributed by atoms with Gasteiger partial charge >= 0.3 is 0 Å². The van der Waals surface area contributed by atoms with Crippen LogP contribution in [0.3, 0.4) is 0 Å². The van der Waals surface area contributed by atoms with Crippen LogP contribution in [0, 0.1) is 6.92 Å². The second-order valence-corrected chi connectivity index (χ2v) is 7.77. The average molecular weight is 268 g/mol. The molecule has 94 valence electrons. The molecule has 2 rings (SSSR count). The summed E-state index contributed by atoms with van der Waals surface area (Å²) in [7, 11) is 0. The van der Waals surface area contributed by atoms with Crippen LogP contribution in [0.1, 0.15) is 31.0 Å². The number of hydrogen-bond acceptors (Lipinski definition) is 4. The molecule has 2 nitrogen and oxygen atoms in total. The van der Waals surface area contributed by atoms with Gasteiger partial charge in [-0.2, -0.15) is 23.5 Å². The van der Waals surface area contributed by atoms with E-state index in [2.05, 4.69) is 31.8 Å². The fraction of sp³-hybridized carbons (Fsp3) is 0.615. The SMILES string of the molecule is Cc1cncc(C(N)C2CSC(C)C(C)S2)c1. The molecule has 0 bridgehead atoms. The van der Waals surface area contributed by atoms with Gasteiger partial charge in [-0.3, -0.25) is 4.98 Å². The van der Waals surface area contributed by atoms with Crippen molar-refractivity contribution >= 4 is 23.5 Å². The standard InChI is InChI=1S/C13H20N2S2/c1-8-4-11(6-15-5-8)13(14)12-7-16-9(2)10(3)17-12/h4-6,9-10,12-13H,7,14H2,1-3H3. The number of nitrogens with zero attached hydrogens (tertiary/aromatic N) is 1. The molecule has 2 N–H and O–H groups in total. The number of aryl methyl sites for hydroxylation is 1. The van der Waals surface area contributed by atoms with Gasteiger partial charge in [0, 0.05) is 39.9 Å². The van der Waals surface area contributed by atoms with Crippen LogP contribution >= 0.6 is 23.5 Å². The first kappa shape index (κ1) is 13.2. The maximum atomic E-state index is 6.37. The molecule has 0 spiro atoms. The van der Waals surface area contributed by atoms with E-state index in [-0.39, 0.29) is 6.04 Å². The minimum Gasteiger partial charge on any atom is -0.323 e. The van der Waals surface area contributed by atoms with E-state index in [9.17, 15) is 0 Å². The summed E-state index contributed by atoms with van der Waals surface area (Å²) in [5.74, 6) is 1.14. The lowest BCUT2D eigenvalue weighted by Gasteiger charge is -2.34. The fourth-order valence-electron chi connectivity index (χ4n) is 1.97. The molecule has 4 atom stereocenters. The van der Waals surface area contributed by atoms with Gasteiger partial charge in [0.1, 0.15) is 0 Å². The van der Waals surface area contributed by atoms with Gasteiger partial charge in [-0.25, -0.2) is 0 Å². The highest BCUT2D eigenvalue weighted by molar-refractivity contribution is 8.07. The van der Waals surface area contributed by atoms with E-state index in [0.717, 1.165) is 11.0 Å². The van der Waals surface area contributed by atoms with Crippen LogP contribution < -0.4 is 5.73 Å². The molecule has 1 aromatic rings. The quantitative estimate of drug-likeness (QED) is 0.895.